The van der Waals surface area contributed by atoms with Crippen molar-refractivity contribution in [1.82, 2.24) is 24.8 Å². The third-order valence-corrected chi connectivity index (χ3v) is 4.90. The second-order valence-electron chi connectivity index (χ2n) is 7.18. The zero-order valence-electron chi connectivity index (χ0n) is 16.1. The van der Waals surface area contributed by atoms with Crippen LogP contribution in [0.1, 0.15) is 27.3 Å². The Morgan fingerprint density at radius 1 is 1.25 bits per heavy atom. The molecule has 3 heterocycles. The van der Waals surface area contributed by atoms with Gasteiger partial charge in [0.2, 0.25) is 0 Å². The molecule has 0 radical (unpaired) electrons. The Bertz CT molecular complexity index is 1070. The molecule has 0 saturated carbocycles. The highest BCUT2D eigenvalue weighted by Gasteiger charge is 2.25. The molecule has 8 heteroatoms. The summed E-state index contributed by atoms with van der Waals surface area (Å²) in [7, 11) is 3.47. The molecular weight excluding hydrogens is 356 g/mol. The zero-order valence-corrected chi connectivity index (χ0v) is 16.1. The summed E-state index contributed by atoms with van der Waals surface area (Å²) < 4.78 is 0. The highest BCUT2D eigenvalue weighted by atomic mass is 16.2. The number of pyridine rings is 1. The second kappa shape index (κ2) is 6.95. The van der Waals surface area contributed by atoms with Gasteiger partial charge in [-0.15, -0.1) is 0 Å². The lowest BCUT2D eigenvalue weighted by molar-refractivity contribution is 0.102. The van der Waals surface area contributed by atoms with Crippen molar-refractivity contribution in [2.24, 2.45) is 0 Å². The molecule has 3 amide bonds. The van der Waals surface area contributed by atoms with Gasteiger partial charge in [-0.2, -0.15) is 0 Å². The first-order valence-corrected chi connectivity index (χ1v) is 9.12. The number of hydrogen-bond donors (Lipinski definition) is 2. The van der Waals surface area contributed by atoms with E-state index in [-0.39, 0.29) is 11.9 Å². The molecule has 1 aliphatic rings. The Balaban J connectivity index is 1.57. The lowest BCUT2D eigenvalue weighted by atomic mass is 9.97. The Hall–Kier alpha value is -3.42. The number of benzene rings is 1. The largest absolute Gasteiger partial charge is 0.342 e. The van der Waals surface area contributed by atoms with E-state index in [1.54, 1.807) is 36.3 Å². The van der Waals surface area contributed by atoms with Gasteiger partial charge in [0.25, 0.3) is 5.91 Å². The fourth-order valence-corrected chi connectivity index (χ4v) is 3.55. The monoisotopic (exact) mass is 378 g/mol. The Kier molecular flexibility index (Phi) is 4.46. The van der Waals surface area contributed by atoms with Crippen molar-refractivity contribution < 1.29 is 9.59 Å². The summed E-state index contributed by atoms with van der Waals surface area (Å²) in [5.74, 6) is 0.629. The number of aryl methyl sites for hydroxylation is 1. The molecule has 3 aromatic rings. The van der Waals surface area contributed by atoms with Crippen LogP contribution in [-0.2, 0) is 13.0 Å². The molecule has 8 nitrogen and oxygen atoms in total. The lowest BCUT2D eigenvalue weighted by Gasteiger charge is -2.31. The van der Waals surface area contributed by atoms with E-state index in [4.69, 9.17) is 0 Å². The molecule has 0 fully saturated rings. The van der Waals surface area contributed by atoms with Crippen LogP contribution in [0.15, 0.2) is 30.6 Å². The summed E-state index contributed by atoms with van der Waals surface area (Å²) in [5, 5.41) is 2.95. The first-order valence-electron chi connectivity index (χ1n) is 9.12. The molecule has 144 valence electrons. The summed E-state index contributed by atoms with van der Waals surface area (Å²) in [6.45, 7) is 2.93. The number of rotatable bonds is 2. The predicted molar refractivity (Wildman–Crippen MR) is 106 cm³/mol. The van der Waals surface area contributed by atoms with Gasteiger partial charge in [0, 0.05) is 45.3 Å². The second-order valence-corrected chi connectivity index (χ2v) is 7.18. The van der Waals surface area contributed by atoms with Crippen molar-refractivity contribution in [1.29, 1.82) is 0 Å². The number of anilines is 1. The molecular formula is C20H22N6O2. The Labute approximate surface area is 162 Å². The molecule has 0 unspecified atom stereocenters. The van der Waals surface area contributed by atoms with Crippen molar-refractivity contribution in [3.63, 3.8) is 0 Å². The highest BCUT2D eigenvalue weighted by molar-refractivity contribution is 6.06. The van der Waals surface area contributed by atoms with E-state index in [1.807, 2.05) is 25.1 Å². The Morgan fingerprint density at radius 2 is 2.07 bits per heavy atom. The number of nitrogens with one attached hydrogen (secondary N) is 2. The number of hydrogen-bond acceptors (Lipinski definition) is 4. The summed E-state index contributed by atoms with van der Waals surface area (Å²) in [6, 6.07) is 5.54. The van der Waals surface area contributed by atoms with Crippen LogP contribution in [0, 0.1) is 6.92 Å². The van der Waals surface area contributed by atoms with Crippen LogP contribution in [0.5, 0.6) is 0 Å². The van der Waals surface area contributed by atoms with E-state index >= 15 is 0 Å². The van der Waals surface area contributed by atoms with E-state index in [1.165, 1.54) is 0 Å². The molecule has 0 atom stereocenters. The summed E-state index contributed by atoms with van der Waals surface area (Å²) in [5.41, 5.74) is 4.85. The summed E-state index contributed by atoms with van der Waals surface area (Å²) in [4.78, 5) is 40.2. The number of amides is 3. The summed E-state index contributed by atoms with van der Waals surface area (Å²) in [6.07, 6.45) is 3.95. The number of carbonyl (C=O) groups excluding carboxylic acids is 2. The number of carbonyl (C=O) groups is 2. The van der Waals surface area contributed by atoms with Gasteiger partial charge < -0.3 is 20.1 Å². The van der Waals surface area contributed by atoms with Crippen LogP contribution >= 0.6 is 0 Å². The van der Waals surface area contributed by atoms with E-state index in [0.29, 0.717) is 30.8 Å². The van der Waals surface area contributed by atoms with Gasteiger partial charge >= 0.3 is 6.03 Å². The number of nitrogens with zero attached hydrogens (tertiary/aromatic N) is 4. The van der Waals surface area contributed by atoms with Gasteiger partial charge in [-0.3, -0.25) is 9.78 Å². The molecule has 2 aromatic heterocycles. The van der Waals surface area contributed by atoms with Gasteiger partial charge in [0.1, 0.15) is 5.82 Å². The van der Waals surface area contributed by atoms with Crippen LogP contribution in [-0.4, -0.2) is 57.3 Å². The number of H-pyrrole nitrogens is 1. The third kappa shape index (κ3) is 3.28. The molecule has 4 rings (SSSR count). The van der Waals surface area contributed by atoms with Gasteiger partial charge in [-0.05, 0) is 42.7 Å². The topological polar surface area (TPSA) is 94.2 Å². The van der Waals surface area contributed by atoms with Crippen LogP contribution < -0.4 is 5.32 Å². The first-order chi connectivity index (χ1) is 13.4. The van der Waals surface area contributed by atoms with Crippen LogP contribution in [0.25, 0.3) is 11.0 Å². The maximum atomic E-state index is 12.9. The molecule has 28 heavy (non-hydrogen) atoms. The normalized spacial score (nSPS) is 13.3. The van der Waals surface area contributed by atoms with E-state index < -0.39 is 0 Å². The number of fused-ring (bicyclic) bond motifs is 2. The highest BCUT2D eigenvalue weighted by Crippen LogP contribution is 2.24. The van der Waals surface area contributed by atoms with Crippen molar-refractivity contribution in [2.45, 2.75) is 19.9 Å². The van der Waals surface area contributed by atoms with Gasteiger partial charge in [-0.1, -0.05) is 0 Å². The predicted octanol–water partition coefficient (Wildman–Crippen LogP) is 2.56. The quantitative estimate of drug-likeness (QED) is 0.717. The molecule has 1 aliphatic heterocycles. The smallest absolute Gasteiger partial charge is 0.319 e. The maximum Gasteiger partial charge on any atom is 0.319 e. The minimum absolute atomic E-state index is 0.0383. The molecule has 0 saturated heterocycles. The number of imidazole rings is 1. The Morgan fingerprint density at radius 3 is 2.86 bits per heavy atom. The van der Waals surface area contributed by atoms with Gasteiger partial charge in [-0.25, -0.2) is 9.78 Å². The number of urea groups is 1. The average Bonchev–Trinajstić information content (AvgIpc) is 3.05. The lowest BCUT2D eigenvalue weighted by Crippen LogP contribution is -2.42. The van der Waals surface area contributed by atoms with Crippen LogP contribution in [0.4, 0.5) is 10.5 Å². The third-order valence-electron chi connectivity index (χ3n) is 4.90. The van der Waals surface area contributed by atoms with Crippen molar-refractivity contribution >= 4 is 28.7 Å². The van der Waals surface area contributed by atoms with Crippen molar-refractivity contribution in [2.75, 3.05) is 26.0 Å². The van der Waals surface area contributed by atoms with E-state index in [9.17, 15) is 9.59 Å². The van der Waals surface area contributed by atoms with Crippen LogP contribution in [0.2, 0.25) is 0 Å². The minimum atomic E-state index is -0.202. The standard InChI is InChI=1S/C20H22N6O2/c1-12-22-17-5-4-14(8-18(17)23-12)24-19(27)16-10-21-9-13-11-26(7-6-15(13)16)20(28)25(2)3/h4-5,8-10H,6-7,11H2,1-3H3,(H,22,23)(H,24,27). The minimum Gasteiger partial charge on any atom is -0.342 e. The molecule has 0 aliphatic carbocycles. The molecule has 2 N–H and O–H groups in total. The number of aromatic nitrogens is 3. The average molecular weight is 378 g/mol. The molecule has 0 bridgehead atoms. The SMILES string of the molecule is Cc1nc2ccc(NC(=O)c3cncc4c3CCN(C(=O)N(C)C)C4)cc2[nH]1. The zero-order chi connectivity index (χ0) is 19.8. The van der Waals surface area contributed by atoms with Crippen molar-refractivity contribution in [3.8, 4) is 0 Å². The fourth-order valence-electron chi connectivity index (χ4n) is 3.55. The van der Waals surface area contributed by atoms with E-state index in [0.717, 1.165) is 28.0 Å². The molecule has 1 aromatic carbocycles. The first kappa shape index (κ1) is 18.0. The van der Waals surface area contributed by atoms with Gasteiger partial charge in [0.05, 0.1) is 16.6 Å². The molecule has 0 spiro atoms. The maximum absolute atomic E-state index is 12.9. The van der Waals surface area contributed by atoms with Crippen LogP contribution in [0.3, 0.4) is 0 Å². The summed E-state index contributed by atoms with van der Waals surface area (Å²) >= 11 is 0. The van der Waals surface area contributed by atoms with Crippen molar-refractivity contribution in [3.05, 3.63) is 53.1 Å². The van der Waals surface area contributed by atoms with E-state index in [2.05, 4.69) is 20.3 Å². The number of aromatic amines is 1. The fraction of sp³-hybridized carbons (Fsp3) is 0.300. The van der Waals surface area contributed by atoms with Gasteiger partial charge in [0.15, 0.2) is 0 Å².